The number of rotatable bonds is 6. The van der Waals surface area contributed by atoms with Gasteiger partial charge in [-0.25, -0.2) is 4.79 Å². The monoisotopic (exact) mass is 332 g/mol. The molecule has 0 aromatic heterocycles. The van der Waals surface area contributed by atoms with Crippen LogP contribution in [0.1, 0.15) is 55.5 Å². The van der Waals surface area contributed by atoms with Crippen LogP contribution in [0.4, 0.5) is 0 Å². The Hall–Kier alpha value is -2.37. The Bertz CT molecular complexity index is 592. The van der Waals surface area contributed by atoms with E-state index in [4.69, 9.17) is 4.74 Å². The van der Waals surface area contributed by atoms with Gasteiger partial charge in [-0.15, -0.1) is 0 Å². The number of carbonyl (C=O) groups is 3. The number of benzene rings is 1. The second-order valence-electron chi connectivity index (χ2n) is 6.14. The first kappa shape index (κ1) is 18.0. The molecule has 0 heterocycles. The standard InChI is InChI=1S/C18H24N2O4/c1-12(17(22)20-16-5-3-4-6-16)24-18(23)15-9-7-14(8-10-15)11-19-13(2)21/h7-10,12,16H,3-6,11H2,1-2H3,(H,19,21)(H,20,22). The molecule has 1 aromatic rings. The summed E-state index contributed by atoms with van der Waals surface area (Å²) in [7, 11) is 0. The fraction of sp³-hybridized carbons (Fsp3) is 0.500. The lowest BCUT2D eigenvalue weighted by molar-refractivity contribution is -0.129. The van der Waals surface area contributed by atoms with E-state index in [2.05, 4.69) is 10.6 Å². The lowest BCUT2D eigenvalue weighted by atomic mass is 10.1. The second kappa shape index (κ2) is 8.47. The van der Waals surface area contributed by atoms with Crippen molar-refractivity contribution in [2.45, 2.75) is 58.2 Å². The minimum Gasteiger partial charge on any atom is -0.449 e. The average Bonchev–Trinajstić information content (AvgIpc) is 3.06. The van der Waals surface area contributed by atoms with E-state index in [1.807, 2.05) is 0 Å². The summed E-state index contributed by atoms with van der Waals surface area (Å²) in [5, 5.41) is 5.60. The smallest absolute Gasteiger partial charge is 0.338 e. The predicted molar refractivity (Wildman–Crippen MR) is 89.2 cm³/mol. The van der Waals surface area contributed by atoms with E-state index in [0.717, 1.165) is 31.2 Å². The van der Waals surface area contributed by atoms with Crippen LogP contribution in [0.5, 0.6) is 0 Å². The molecule has 2 amide bonds. The van der Waals surface area contributed by atoms with E-state index in [0.29, 0.717) is 12.1 Å². The van der Waals surface area contributed by atoms with Crippen molar-refractivity contribution >= 4 is 17.8 Å². The maximum Gasteiger partial charge on any atom is 0.338 e. The van der Waals surface area contributed by atoms with Gasteiger partial charge in [0, 0.05) is 19.5 Å². The van der Waals surface area contributed by atoms with E-state index in [1.165, 1.54) is 6.92 Å². The summed E-state index contributed by atoms with van der Waals surface area (Å²) in [6, 6.07) is 6.94. The normalized spacial score (nSPS) is 15.6. The molecule has 0 bridgehead atoms. The van der Waals surface area contributed by atoms with E-state index in [9.17, 15) is 14.4 Å². The van der Waals surface area contributed by atoms with Gasteiger partial charge in [-0.1, -0.05) is 25.0 Å². The third kappa shape index (κ3) is 5.37. The van der Waals surface area contributed by atoms with E-state index >= 15 is 0 Å². The second-order valence-corrected chi connectivity index (χ2v) is 6.14. The zero-order chi connectivity index (χ0) is 17.5. The van der Waals surface area contributed by atoms with Crippen molar-refractivity contribution in [3.8, 4) is 0 Å². The van der Waals surface area contributed by atoms with Gasteiger partial charge in [0.25, 0.3) is 5.91 Å². The maximum atomic E-state index is 12.1. The van der Waals surface area contributed by atoms with Crippen LogP contribution in [0.25, 0.3) is 0 Å². The number of carbonyl (C=O) groups excluding carboxylic acids is 3. The Kier molecular flexibility index (Phi) is 6.35. The first-order chi connectivity index (χ1) is 11.5. The Balaban J connectivity index is 1.84. The molecule has 1 aliphatic rings. The van der Waals surface area contributed by atoms with Crippen molar-refractivity contribution in [3.05, 3.63) is 35.4 Å². The molecule has 1 atom stereocenters. The van der Waals surface area contributed by atoms with E-state index < -0.39 is 12.1 Å². The molecule has 1 aliphatic carbocycles. The largest absolute Gasteiger partial charge is 0.449 e. The number of esters is 1. The Morgan fingerprint density at radius 3 is 2.38 bits per heavy atom. The van der Waals surface area contributed by atoms with Gasteiger partial charge in [-0.2, -0.15) is 0 Å². The van der Waals surface area contributed by atoms with Crippen molar-refractivity contribution in [2.75, 3.05) is 0 Å². The number of hydrogen-bond donors (Lipinski definition) is 2. The molecule has 2 rings (SSSR count). The molecule has 1 saturated carbocycles. The number of ether oxygens (including phenoxy) is 1. The topological polar surface area (TPSA) is 84.5 Å². The van der Waals surface area contributed by atoms with Crippen LogP contribution >= 0.6 is 0 Å². The molecular formula is C18H24N2O4. The van der Waals surface area contributed by atoms with Gasteiger partial charge in [0.05, 0.1) is 5.56 Å². The van der Waals surface area contributed by atoms with Crippen LogP contribution < -0.4 is 10.6 Å². The Labute approximate surface area is 142 Å². The van der Waals surface area contributed by atoms with Gasteiger partial charge in [0.2, 0.25) is 5.91 Å². The number of hydrogen-bond acceptors (Lipinski definition) is 4. The average molecular weight is 332 g/mol. The lowest BCUT2D eigenvalue weighted by Gasteiger charge is -2.17. The zero-order valence-corrected chi connectivity index (χ0v) is 14.1. The predicted octanol–water partition coefficient (Wildman–Crippen LogP) is 1.93. The van der Waals surface area contributed by atoms with E-state index in [-0.39, 0.29) is 17.9 Å². The number of amides is 2. The van der Waals surface area contributed by atoms with Crippen LogP contribution in [-0.2, 0) is 20.9 Å². The third-order valence-corrected chi connectivity index (χ3v) is 4.09. The first-order valence-electron chi connectivity index (χ1n) is 8.30. The lowest BCUT2D eigenvalue weighted by Crippen LogP contribution is -2.40. The molecule has 6 nitrogen and oxygen atoms in total. The molecule has 6 heteroatoms. The molecule has 0 spiro atoms. The highest BCUT2D eigenvalue weighted by Gasteiger charge is 2.23. The molecule has 0 radical (unpaired) electrons. The van der Waals surface area contributed by atoms with Gasteiger partial charge < -0.3 is 15.4 Å². The fourth-order valence-electron chi connectivity index (χ4n) is 2.66. The summed E-state index contributed by atoms with van der Waals surface area (Å²) >= 11 is 0. The van der Waals surface area contributed by atoms with Crippen LogP contribution in [0.2, 0.25) is 0 Å². The Morgan fingerprint density at radius 1 is 1.17 bits per heavy atom. The van der Waals surface area contributed by atoms with Crippen molar-refractivity contribution < 1.29 is 19.1 Å². The summed E-state index contributed by atoms with van der Waals surface area (Å²) in [5.41, 5.74) is 1.26. The highest BCUT2D eigenvalue weighted by Crippen LogP contribution is 2.18. The Morgan fingerprint density at radius 2 is 1.79 bits per heavy atom. The van der Waals surface area contributed by atoms with E-state index in [1.54, 1.807) is 31.2 Å². The van der Waals surface area contributed by atoms with Crippen molar-refractivity contribution in [1.29, 1.82) is 0 Å². The van der Waals surface area contributed by atoms with Crippen molar-refractivity contribution in [1.82, 2.24) is 10.6 Å². The fourth-order valence-corrected chi connectivity index (χ4v) is 2.66. The molecular weight excluding hydrogens is 308 g/mol. The van der Waals surface area contributed by atoms with Gasteiger partial charge in [-0.3, -0.25) is 9.59 Å². The highest BCUT2D eigenvalue weighted by atomic mass is 16.5. The summed E-state index contributed by atoms with van der Waals surface area (Å²) in [6.45, 7) is 3.43. The molecule has 2 N–H and O–H groups in total. The van der Waals surface area contributed by atoms with Crippen molar-refractivity contribution in [2.24, 2.45) is 0 Å². The summed E-state index contributed by atoms with van der Waals surface area (Å²) < 4.78 is 5.23. The summed E-state index contributed by atoms with van der Waals surface area (Å²) in [6.07, 6.45) is 3.41. The molecule has 130 valence electrons. The van der Waals surface area contributed by atoms with Gasteiger partial charge in [-0.05, 0) is 37.5 Å². The zero-order valence-electron chi connectivity index (χ0n) is 14.1. The molecule has 1 aromatic carbocycles. The minimum atomic E-state index is -0.822. The SMILES string of the molecule is CC(=O)NCc1ccc(C(=O)OC(C)C(=O)NC2CCCC2)cc1. The maximum absolute atomic E-state index is 12.1. The summed E-state index contributed by atoms with van der Waals surface area (Å²) in [5.74, 6) is -0.895. The quantitative estimate of drug-likeness (QED) is 0.780. The first-order valence-corrected chi connectivity index (χ1v) is 8.30. The highest BCUT2D eigenvalue weighted by molar-refractivity contribution is 5.92. The van der Waals surface area contributed by atoms with Gasteiger partial charge in [0.15, 0.2) is 6.10 Å². The number of nitrogens with one attached hydrogen (secondary N) is 2. The van der Waals surface area contributed by atoms with Gasteiger partial charge in [0.1, 0.15) is 0 Å². The third-order valence-electron chi connectivity index (χ3n) is 4.09. The molecule has 0 aliphatic heterocycles. The van der Waals surface area contributed by atoms with Crippen LogP contribution in [-0.4, -0.2) is 29.9 Å². The molecule has 24 heavy (non-hydrogen) atoms. The van der Waals surface area contributed by atoms with Crippen LogP contribution in [0.15, 0.2) is 24.3 Å². The molecule has 1 fully saturated rings. The summed E-state index contributed by atoms with van der Waals surface area (Å²) in [4.78, 5) is 35.0. The molecule has 1 unspecified atom stereocenters. The minimum absolute atomic E-state index is 0.111. The van der Waals surface area contributed by atoms with Gasteiger partial charge >= 0.3 is 5.97 Å². The van der Waals surface area contributed by atoms with Crippen molar-refractivity contribution in [3.63, 3.8) is 0 Å². The van der Waals surface area contributed by atoms with Crippen LogP contribution in [0, 0.1) is 0 Å². The molecule has 0 saturated heterocycles. The van der Waals surface area contributed by atoms with Crippen LogP contribution in [0.3, 0.4) is 0 Å².